The summed E-state index contributed by atoms with van der Waals surface area (Å²) in [6.45, 7) is 6.06. The number of hydrogen-bond acceptors (Lipinski definition) is 4. The van der Waals surface area contributed by atoms with Gasteiger partial charge in [-0.05, 0) is 31.2 Å². The molecule has 1 aromatic heterocycles. The summed E-state index contributed by atoms with van der Waals surface area (Å²) in [4.78, 5) is 12.4. The Bertz CT molecular complexity index is 680. The van der Waals surface area contributed by atoms with Crippen LogP contribution in [0.4, 0.5) is 0 Å². The molecule has 2 aromatic rings. The van der Waals surface area contributed by atoms with Gasteiger partial charge in [-0.1, -0.05) is 26.0 Å². The first kappa shape index (κ1) is 16.2. The van der Waals surface area contributed by atoms with Crippen LogP contribution in [0, 0.1) is 0 Å². The lowest BCUT2D eigenvalue weighted by atomic mass is 10.1. The molecule has 0 aliphatic heterocycles. The maximum absolute atomic E-state index is 12.4. The number of nitrogens with zero attached hydrogens (tertiary/aromatic N) is 2. The minimum Gasteiger partial charge on any atom is -0.497 e. The lowest BCUT2D eigenvalue weighted by Crippen LogP contribution is -2.29. The summed E-state index contributed by atoms with van der Waals surface area (Å²) >= 11 is 0. The molecule has 1 heterocycles. The van der Waals surface area contributed by atoms with Gasteiger partial charge in [0.05, 0.1) is 12.8 Å². The number of benzene rings is 1. The summed E-state index contributed by atoms with van der Waals surface area (Å²) in [5, 5.41) is 7.71. The summed E-state index contributed by atoms with van der Waals surface area (Å²) < 4.78 is 6.82. The van der Waals surface area contributed by atoms with E-state index in [1.54, 1.807) is 11.8 Å². The summed E-state index contributed by atoms with van der Waals surface area (Å²) in [5.41, 5.74) is 2.46. The Morgan fingerprint density at radius 2 is 2.09 bits per heavy atom. The molecule has 118 valence electrons. The molecule has 5 heteroatoms. The number of aryl methyl sites for hydroxylation is 1. The first-order valence-electron chi connectivity index (χ1n) is 7.65. The predicted molar refractivity (Wildman–Crippen MR) is 88.2 cm³/mol. The minimum absolute atomic E-state index is 0.0190. The van der Waals surface area contributed by atoms with Crippen LogP contribution in [0.5, 0.6) is 5.75 Å². The average molecular weight is 301 g/mol. The second-order valence-corrected chi connectivity index (χ2v) is 5.10. The zero-order valence-electron chi connectivity index (χ0n) is 13.4. The van der Waals surface area contributed by atoms with Gasteiger partial charge in [-0.2, -0.15) is 5.10 Å². The van der Waals surface area contributed by atoms with Crippen LogP contribution in [0.15, 0.2) is 35.1 Å². The van der Waals surface area contributed by atoms with Gasteiger partial charge >= 0.3 is 0 Å². The van der Waals surface area contributed by atoms with Crippen molar-refractivity contribution in [2.45, 2.75) is 33.4 Å². The fourth-order valence-electron chi connectivity index (χ4n) is 2.27. The molecule has 0 radical (unpaired) electrons. The third-order valence-corrected chi connectivity index (χ3v) is 3.41. The van der Waals surface area contributed by atoms with Crippen molar-refractivity contribution in [2.24, 2.45) is 0 Å². The fraction of sp³-hybridized carbons (Fsp3) is 0.412. The smallest absolute Gasteiger partial charge is 0.271 e. The van der Waals surface area contributed by atoms with Crippen LogP contribution < -0.4 is 15.6 Å². The summed E-state index contributed by atoms with van der Waals surface area (Å²) in [7, 11) is 1.64. The van der Waals surface area contributed by atoms with Crippen molar-refractivity contribution in [3.05, 3.63) is 46.2 Å². The van der Waals surface area contributed by atoms with Gasteiger partial charge in [0.15, 0.2) is 0 Å². The highest BCUT2D eigenvalue weighted by Crippen LogP contribution is 2.22. The molecule has 5 nitrogen and oxygen atoms in total. The Balaban J connectivity index is 2.49. The molecule has 0 spiro atoms. The average Bonchev–Trinajstić information content (AvgIpc) is 2.55. The molecule has 0 aliphatic rings. The quantitative estimate of drug-likeness (QED) is 0.853. The van der Waals surface area contributed by atoms with Gasteiger partial charge < -0.3 is 10.1 Å². The third-order valence-electron chi connectivity index (χ3n) is 3.41. The van der Waals surface area contributed by atoms with Crippen molar-refractivity contribution in [1.29, 1.82) is 0 Å². The first-order valence-corrected chi connectivity index (χ1v) is 7.65. The Hall–Kier alpha value is -2.14. The van der Waals surface area contributed by atoms with Gasteiger partial charge in [-0.25, -0.2) is 4.68 Å². The van der Waals surface area contributed by atoms with E-state index >= 15 is 0 Å². The van der Waals surface area contributed by atoms with Gasteiger partial charge in [0.1, 0.15) is 5.75 Å². The summed E-state index contributed by atoms with van der Waals surface area (Å²) in [5.74, 6) is 0.778. The zero-order valence-corrected chi connectivity index (χ0v) is 13.4. The molecule has 0 amide bonds. The Kier molecular flexibility index (Phi) is 5.72. The van der Waals surface area contributed by atoms with Crippen LogP contribution in [0.1, 0.15) is 25.8 Å². The highest BCUT2D eigenvalue weighted by molar-refractivity contribution is 5.61. The van der Waals surface area contributed by atoms with Gasteiger partial charge in [0.2, 0.25) is 0 Å². The van der Waals surface area contributed by atoms with Gasteiger partial charge in [0.25, 0.3) is 5.56 Å². The number of aromatic nitrogens is 2. The molecule has 0 bridgehead atoms. The SMILES string of the molecule is CCCn1nc(-c2cccc(OC)c2)cc(CNCC)c1=O. The molecule has 0 unspecified atom stereocenters. The van der Waals surface area contributed by atoms with E-state index in [1.165, 1.54) is 0 Å². The largest absolute Gasteiger partial charge is 0.497 e. The van der Waals surface area contributed by atoms with E-state index in [0.29, 0.717) is 13.1 Å². The maximum atomic E-state index is 12.4. The second kappa shape index (κ2) is 7.75. The normalized spacial score (nSPS) is 10.7. The van der Waals surface area contributed by atoms with Gasteiger partial charge in [-0.3, -0.25) is 4.79 Å². The van der Waals surface area contributed by atoms with E-state index < -0.39 is 0 Å². The predicted octanol–water partition coefficient (Wildman–Crippen LogP) is 2.44. The van der Waals surface area contributed by atoms with Crippen LogP contribution >= 0.6 is 0 Å². The number of nitrogens with one attached hydrogen (secondary N) is 1. The maximum Gasteiger partial charge on any atom is 0.271 e. The Morgan fingerprint density at radius 3 is 2.77 bits per heavy atom. The number of rotatable bonds is 7. The Labute approximate surface area is 130 Å². The molecule has 0 saturated heterocycles. The summed E-state index contributed by atoms with van der Waals surface area (Å²) in [6, 6.07) is 9.59. The highest BCUT2D eigenvalue weighted by atomic mass is 16.5. The van der Waals surface area contributed by atoms with Crippen molar-refractivity contribution in [2.75, 3.05) is 13.7 Å². The molecule has 22 heavy (non-hydrogen) atoms. The molecular formula is C17H23N3O2. The third kappa shape index (κ3) is 3.74. The fourth-order valence-corrected chi connectivity index (χ4v) is 2.27. The molecule has 0 saturated carbocycles. The molecule has 2 rings (SSSR count). The van der Waals surface area contributed by atoms with E-state index in [0.717, 1.165) is 35.5 Å². The van der Waals surface area contributed by atoms with Crippen LogP contribution in [0.3, 0.4) is 0 Å². The lowest BCUT2D eigenvalue weighted by Gasteiger charge is -2.11. The van der Waals surface area contributed by atoms with Crippen molar-refractivity contribution in [1.82, 2.24) is 15.1 Å². The zero-order chi connectivity index (χ0) is 15.9. The molecule has 1 N–H and O–H groups in total. The monoisotopic (exact) mass is 301 g/mol. The summed E-state index contributed by atoms with van der Waals surface area (Å²) in [6.07, 6.45) is 0.870. The number of methoxy groups -OCH3 is 1. The van der Waals surface area contributed by atoms with E-state index in [4.69, 9.17) is 4.74 Å². The topological polar surface area (TPSA) is 56.1 Å². The van der Waals surface area contributed by atoms with Gasteiger partial charge in [-0.15, -0.1) is 0 Å². The molecule has 0 aliphatic carbocycles. The van der Waals surface area contributed by atoms with Crippen LogP contribution in [-0.4, -0.2) is 23.4 Å². The minimum atomic E-state index is -0.0190. The van der Waals surface area contributed by atoms with Crippen molar-refractivity contribution < 1.29 is 4.74 Å². The highest BCUT2D eigenvalue weighted by Gasteiger charge is 2.10. The van der Waals surface area contributed by atoms with Gasteiger partial charge in [0, 0.05) is 24.2 Å². The van der Waals surface area contributed by atoms with Crippen LogP contribution in [0.25, 0.3) is 11.3 Å². The standard InChI is InChI=1S/C17H23N3O2/c1-4-9-20-17(21)14(12-18-5-2)11-16(19-20)13-7-6-8-15(10-13)22-3/h6-8,10-11,18H,4-5,9,12H2,1-3H3. The lowest BCUT2D eigenvalue weighted by molar-refractivity contribution is 0.415. The molecule has 0 fully saturated rings. The van der Waals surface area contributed by atoms with Crippen molar-refractivity contribution in [3.8, 4) is 17.0 Å². The van der Waals surface area contributed by atoms with Crippen LogP contribution in [-0.2, 0) is 13.1 Å². The molecule has 1 aromatic carbocycles. The van der Waals surface area contributed by atoms with Crippen molar-refractivity contribution in [3.63, 3.8) is 0 Å². The number of hydrogen-bond donors (Lipinski definition) is 1. The van der Waals surface area contributed by atoms with E-state index in [2.05, 4.69) is 10.4 Å². The molecular weight excluding hydrogens is 278 g/mol. The first-order chi connectivity index (χ1) is 10.7. The van der Waals surface area contributed by atoms with Crippen molar-refractivity contribution >= 4 is 0 Å². The van der Waals surface area contributed by atoms with E-state index in [-0.39, 0.29) is 5.56 Å². The number of ether oxygens (including phenoxy) is 1. The van der Waals surface area contributed by atoms with E-state index in [9.17, 15) is 4.79 Å². The Morgan fingerprint density at radius 1 is 1.27 bits per heavy atom. The van der Waals surface area contributed by atoms with Crippen LogP contribution in [0.2, 0.25) is 0 Å². The molecule has 0 atom stereocenters. The second-order valence-electron chi connectivity index (χ2n) is 5.10. The van der Waals surface area contributed by atoms with E-state index in [1.807, 2.05) is 44.2 Å².